The summed E-state index contributed by atoms with van der Waals surface area (Å²) >= 11 is 0. The fraction of sp³-hybridized carbons (Fsp3) is 0.238. The van der Waals surface area contributed by atoms with Gasteiger partial charge in [-0.3, -0.25) is 14.8 Å². The van der Waals surface area contributed by atoms with Gasteiger partial charge in [-0.25, -0.2) is 0 Å². The van der Waals surface area contributed by atoms with Crippen LogP contribution in [0.15, 0.2) is 60.8 Å². The summed E-state index contributed by atoms with van der Waals surface area (Å²) in [6.07, 6.45) is 1.44. The Kier molecular flexibility index (Phi) is 6.01. The van der Waals surface area contributed by atoms with Gasteiger partial charge >= 0.3 is 6.61 Å². The molecule has 2 heterocycles. The summed E-state index contributed by atoms with van der Waals surface area (Å²) in [5, 5.41) is 9.79. The third-order valence-electron chi connectivity index (χ3n) is 4.71. The van der Waals surface area contributed by atoms with Crippen LogP contribution in [0, 0.1) is 0 Å². The number of anilines is 2. The normalized spacial score (nSPS) is 16.4. The summed E-state index contributed by atoms with van der Waals surface area (Å²) in [7, 11) is 0. The largest absolute Gasteiger partial charge is 0.435 e. The highest BCUT2D eigenvalue weighted by molar-refractivity contribution is 6.09. The number of ether oxygens (including phenoxy) is 2. The number of rotatable bonds is 6. The molecule has 7 nitrogen and oxygen atoms in total. The van der Waals surface area contributed by atoms with E-state index in [2.05, 4.69) is 20.3 Å². The zero-order valence-electron chi connectivity index (χ0n) is 15.9. The second-order valence-electron chi connectivity index (χ2n) is 6.64. The zero-order valence-corrected chi connectivity index (χ0v) is 15.9. The number of H-pyrrole nitrogens is 1. The maximum absolute atomic E-state index is 13.1. The van der Waals surface area contributed by atoms with Crippen LogP contribution in [-0.4, -0.2) is 42.4 Å². The molecule has 0 saturated carbocycles. The van der Waals surface area contributed by atoms with Crippen LogP contribution < -0.4 is 15.0 Å². The van der Waals surface area contributed by atoms with Crippen LogP contribution in [0.5, 0.6) is 5.75 Å². The van der Waals surface area contributed by atoms with Crippen LogP contribution in [0.4, 0.5) is 20.2 Å². The van der Waals surface area contributed by atoms with Gasteiger partial charge in [0.15, 0.2) is 0 Å². The maximum atomic E-state index is 13.1. The summed E-state index contributed by atoms with van der Waals surface area (Å²) in [5.41, 5.74) is 2.41. The Morgan fingerprint density at radius 1 is 1.10 bits per heavy atom. The van der Waals surface area contributed by atoms with Crippen molar-refractivity contribution in [2.75, 3.05) is 24.6 Å². The fourth-order valence-corrected chi connectivity index (χ4v) is 3.27. The monoisotopic (exact) mass is 414 g/mol. The highest BCUT2D eigenvalue weighted by Crippen LogP contribution is 2.31. The van der Waals surface area contributed by atoms with Gasteiger partial charge in [-0.1, -0.05) is 12.1 Å². The smallest absolute Gasteiger partial charge is 0.387 e. The molecule has 2 N–H and O–H groups in total. The minimum Gasteiger partial charge on any atom is -0.435 e. The molecule has 0 radical (unpaired) electrons. The molecular formula is C21H20F2N4O3. The highest BCUT2D eigenvalue weighted by Gasteiger charge is 2.22. The summed E-state index contributed by atoms with van der Waals surface area (Å²) in [5.74, 6) is -0.321. The van der Waals surface area contributed by atoms with Crippen LogP contribution >= 0.6 is 0 Å². The number of nitrogens with one attached hydrogen (secondary N) is 2. The van der Waals surface area contributed by atoms with Gasteiger partial charge in [0.2, 0.25) is 0 Å². The second kappa shape index (κ2) is 9.02. The number of nitrogens with zero attached hydrogens (tertiary/aromatic N) is 2. The number of morpholine rings is 1. The number of benzene rings is 2. The van der Waals surface area contributed by atoms with Crippen molar-refractivity contribution in [1.82, 2.24) is 15.5 Å². The number of halogens is 2. The van der Waals surface area contributed by atoms with Gasteiger partial charge < -0.3 is 14.8 Å². The molecule has 1 atom stereocenters. The van der Waals surface area contributed by atoms with E-state index in [1.54, 1.807) is 18.2 Å². The standard InChI is InChI=1S/C21H20F2N4O3/c22-21(23)30-17-7-5-16(6-8-17)27(20(28)18-9-10-25-26-18)15-3-1-14(2-4-15)19-13-24-11-12-29-19/h1-10,19,21,24H,11-13H2,(H,25,26)/t19-/m0/s1. The molecular weight excluding hydrogens is 394 g/mol. The lowest BCUT2D eigenvalue weighted by atomic mass is 10.1. The van der Waals surface area contributed by atoms with Gasteiger partial charge in [0.25, 0.3) is 5.91 Å². The third-order valence-corrected chi connectivity index (χ3v) is 4.71. The molecule has 1 aliphatic heterocycles. The van der Waals surface area contributed by atoms with E-state index >= 15 is 0 Å². The Balaban J connectivity index is 1.64. The molecule has 9 heteroatoms. The Bertz CT molecular complexity index is 957. The Morgan fingerprint density at radius 2 is 1.80 bits per heavy atom. The van der Waals surface area contributed by atoms with E-state index in [-0.39, 0.29) is 17.8 Å². The number of carbonyl (C=O) groups excluding carboxylic acids is 1. The van der Waals surface area contributed by atoms with Crippen LogP contribution in [0.3, 0.4) is 0 Å². The molecule has 0 bridgehead atoms. The summed E-state index contributed by atoms with van der Waals surface area (Å²) in [6, 6.07) is 14.9. The van der Waals surface area contributed by atoms with Gasteiger partial charge in [0.1, 0.15) is 11.4 Å². The SMILES string of the molecule is O=C(c1ccn[nH]1)N(c1ccc(OC(F)F)cc1)c1ccc([C@@H]2CNCCO2)cc1. The number of hydrogen-bond acceptors (Lipinski definition) is 5. The number of aromatic amines is 1. The van der Waals surface area contributed by atoms with Gasteiger partial charge in [0, 0.05) is 30.7 Å². The van der Waals surface area contributed by atoms with Gasteiger partial charge in [-0.05, 0) is 48.0 Å². The Morgan fingerprint density at radius 3 is 2.37 bits per heavy atom. The molecule has 2 aromatic carbocycles. The minimum atomic E-state index is -2.91. The first-order valence-corrected chi connectivity index (χ1v) is 9.43. The lowest BCUT2D eigenvalue weighted by Gasteiger charge is -2.26. The lowest BCUT2D eigenvalue weighted by molar-refractivity contribution is -0.0498. The van der Waals surface area contributed by atoms with E-state index < -0.39 is 6.61 Å². The molecule has 1 amide bonds. The fourth-order valence-electron chi connectivity index (χ4n) is 3.27. The summed E-state index contributed by atoms with van der Waals surface area (Å²) in [6.45, 7) is -0.722. The molecule has 156 valence electrons. The van der Waals surface area contributed by atoms with E-state index in [9.17, 15) is 13.6 Å². The maximum Gasteiger partial charge on any atom is 0.387 e. The van der Waals surface area contributed by atoms with Gasteiger partial charge in [-0.2, -0.15) is 13.9 Å². The first-order chi connectivity index (χ1) is 14.6. The second-order valence-corrected chi connectivity index (χ2v) is 6.64. The van der Waals surface area contributed by atoms with E-state index in [4.69, 9.17) is 4.74 Å². The minimum absolute atomic E-state index is 0.0139. The molecule has 1 aliphatic rings. The van der Waals surface area contributed by atoms with Crippen molar-refractivity contribution in [3.05, 3.63) is 72.1 Å². The van der Waals surface area contributed by atoms with Gasteiger partial charge in [0.05, 0.1) is 12.7 Å². The molecule has 30 heavy (non-hydrogen) atoms. The molecule has 0 aliphatic carbocycles. The Labute approximate surface area is 171 Å². The van der Waals surface area contributed by atoms with Crippen molar-refractivity contribution < 1.29 is 23.0 Å². The van der Waals surface area contributed by atoms with Crippen LogP contribution in [0.2, 0.25) is 0 Å². The molecule has 3 aromatic rings. The third kappa shape index (κ3) is 4.47. The molecule has 1 saturated heterocycles. The number of carbonyl (C=O) groups is 1. The van der Waals surface area contributed by atoms with Crippen LogP contribution in [0.25, 0.3) is 0 Å². The highest BCUT2D eigenvalue weighted by atomic mass is 19.3. The number of alkyl halides is 2. The number of aromatic nitrogens is 2. The van der Waals surface area contributed by atoms with Crippen molar-refractivity contribution in [3.63, 3.8) is 0 Å². The number of hydrogen-bond donors (Lipinski definition) is 2. The Hall–Kier alpha value is -3.30. The predicted octanol–water partition coefficient (Wildman–Crippen LogP) is 3.65. The summed E-state index contributed by atoms with van der Waals surface area (Å²) < 4.78 is 35.0. The average molecular weight is 414 g/mol. The van der Waals surface area contributed by atoms with Gasteiger partial charge in [-0.15, -0.1) is 0 Å². The first kappa shape index (κ1) is 20.0. The lowest BCUT2D eigenvalue weighted by Crippen LogP contribution is -2.33. The van der Waals surface area contributed by atoms with Crippen molar-refractivity contribution in [2.24, 2.45) is 0 Å². The molecule has 4 rings (SSSR count). The van der Waals surface area contributed by atoms with E-state index in [1.165, 1.54) is 23.2 Å². The predicted molar refractivity (Wildman–Crippen MR) is 106 cm³/mol. The average Bonchev–Trinajstić information content (AvgIpc) is 3.31. The topological polar surface area (TPSA) is 79.5 Å². The van der Waals surface area contributed by atoms with E-state index in [0.717, 1.165) is 18.7 Å². The number of amides is 1. The molecule has 1 aromatic heterocycles. The molecule has 1 fully saturated rings. The van der Waals surface area contributed by atoms with Crippen molar-refractivity contribution in [3.8, 4) is 5.75 Å². The van der Waals surface area contributed by atoms with Crippen molar-refractivity contribution in [1.29, 1.82) is 0 Å². The van der Waals surface area contributed by atoms with E-state index in [0.29, 0.717) is 23.7 Å². The molecule has 0 spiro atoms. The molecule has 0 unspecified atom stereocenters. The summed E-state index contributed by atoms with van der Waals surface area (Å²) in [4.78, 5) is 14.6. The van der Waals surface area contributed by atoms with Crippen LogP contribution in [-0.2, 0) is 4.74 Å². The quantitative estimate of drug-likeness (QED) is 0.644. The van der Waals surface area contributed by atoms with E-state index in [1.807, 2.05) is 24.3 Å². The first-order valence-electron chi connectivity index (χ1n) is 9.43. The zero-order chi connectivity index (χ0) is 20.9. The van der Waals surface area contributed by atoms with Crippen molar-refractivity contribution in [2.45, 2.75) is 12.7 Å². The van der Waals surface area contributed by atoms with Crippen LogP contribution in [0.1, 0.15) is 22.2 Å². The van der Waals surface area contributed by atoms with Crippen molar-refractivity contribution >= 4 is 17.3 Å².